The number of benzene rings is 1. The van der Waals surface area contributed by atoms with Crippen molar-refractivity contribution < 1.29 is 9.90 Å². The average molecular weight is 281 g/mol. The van der Waals surface area contributed by atoms with E-state index in [4.69, 9.17) is 10.8 Å². The molecule has 1 atom stereocenters. The smallest absolute Gasteiger partial charge is 0.325 e. The lowest BCUT2D eigenvalue weighted by molar-refractivity contribution is -0.138. The molecule has 0 saturated heterocycles. The second-order valence-corrected chi connectivity index (χ2v) is 3.68. The molecule has 0 aromatic heterocycles. The van der Waals surface area contributed by atoms with E-state index in [0.29, 0.717) is 5.56 Å². The van der Waals surface area contributed by atoms with Gasteiger partial charge in [-0.2, -0.15) is 0 Å². The summed E-state index contributed by atoms with van der Waals surface area (Å²) in [7, 11) is 0. The molecule has 0 saturated carbocycles. The molecule has 1 rings (SSSR count). The van der Waals surface area contributed by atoms with E-state index in [1.54, 1.807) is 18.2 Å². The lowest BCUT2D eigenvalue weighted by Crippen LogP contribution is -2.20. The van der Waals surface area contributed by atoms with Crippen LogP contribution in [-0.2, 0) is 4.79 Å². The number of rotatable bonds is 2. The first-order valence-corrected chi connectivity index (χ1v) is 4.56. The predicted molar refractivity (Wildman–Crippen MR) is 60.7 cm³/mol. The molecule has 0 amide bonds. The van der Waals surface area contributed by atoms with Crippen LogP contribution in [0.5, 0.6) is 0 Å². The Morgan fingerprint density at radius 1 is 1.57 bits per heavy atom. The minimum absolute atomic E-state index is 0. The number of aliphatic carboxylic acids is 1. The summed E-state index contributed by atoms with van der Waals surface area (Å²) in [5.74, 6) is -1.01. The summed E-state index contributed by atoms with van der Waals surface area (Å²) >= 11 is 3.33. The van der Waals surface area contributed by atoms with Crippen LogP contribution in [0.2, 0.25) is 0 Å². The SMILES string of the molecule is Cc1cc(C(N)C(=O)O)ccc1Br.Cl. The summed E-state index contributed by atoms with van der Waals surface area (Å²) in [6.07, 6.45) is 0. The number of carboxylic acids is 1. The standard InChI is InChI=1S/C9H10BrNO2.ClH/c1-5-4-6(2-3-7(5)10)8(11)9(12)13;/h2-4,8H,11H2,1H3,(H,12,13);1H. The zero-order chi connectivity index (χ0) is 10.0. The molecular weight excluding hydrogens is 269 g/mol. The largest absolute Gasteiger partial charge is 0.480 e. The van der Waals surface area contributed by atoms with Crippen molar-refractivity contribution in [3.63, 3.8) is 0 Å². The maximum absolute atomic E-state index is 10.6. The quantitative estimate of drug-likeness (QED) is 0.873. The predicted octanol–water partition coefficient (Wildman–Crippen LogP) is 2.26. The van der Waals surface area contributed by atoms with Crippen LogP contribution < -0.4 is 5.73 Å². The van der Waals surface area contributed by atoms with E-state index >= 15 is 0 Å². The second kappa shape index (κ2) is 5.34. The van der Waals surface area contributed by atoms with Gasteiger partial charge in [-0.25, -0.2) is 0 Å². The fourth-order valence-electron chi connectivity index (χ4n) is 1.00. The number of nitrogens with two attached hydrogens (primary N) is 1. The Kier molecular flexibility index (Phi) is 5.12. The molecule has 0 fully saturated rings. The highest BCUT2D eigenvalue weighted by molar-refractivity contribution is 9.10. The Morgan fingerprint density at radius 3 is 2.57 bits per heavy atom. The van der Waals surface area contributed by atoms with Gasteiger partial charge in [0.05, 0.1) is 0 Å². The van der Waals surface area contributed by atoms with Crippen LogP contribution in [0, 0.1) is 6.92 Å². The van der Waals surface area contributed by atoms with Gasteiger partial charge in [-0.3, -0.25) is 4.79 Å². The van der Waals surface area contributed by atoms with Gasteiger partial charge in [0.1, 0.15) is 6.04 Å². The van der Waals surface area contributed by atoms with Crippen LogP contribution in [0.3, 0.4) is 0 Å². The van der Waals surface area contributed by atoms with Gasteiger partial charge in [0.2, 0.25) is 0 Å². The van der Waals surface area contributed by atoms with Crippen molar-refractivity contribution in [3.8, 4) is 0 Å². The fourth-order valence-corrected chi connectivity index (χ4v) is 1.25. The molecule has 5 heteroatoms. The van der Waals surface area contributed by atoms with Crippen LogP contribution in [0.25, 0.3) is 0 Å². The van der Waals surface area contributed by atoms with Gasteiger partial charge in [-0.1, -0.05) is 28.1 Å². The molecule has 0 spiro atoms. The van der Waals surface area contributed by atoms with Gasteiger partial charge in [-0.15, -0.1) is 12.4 Å². The highest BCUT2D eigenvalue weighted by atomic mass is 79.9. The van der Waals surface area contributed by atoms with Crippen molar-refractivity contribution in [2.75, 3.05) is 0 Å². The monoisotopic (exact) mass is 279 g/mol. The number of aryl methyl sites for hydroxylation is 1. The van der Waals surface area contributed by atoms with E-state index in [1.165, 1.54) is 0 Å². The first-order chi connectivity index (χ1) is 6.02. The number of carbonyl (C=O) groups is 1. The summed E-state index contributed by atoms with van der Waals surface area (Å²) in [4.78, 5) is 10.6. The van der Waals surface area contributed by atoms with Gasteiger partial charge < -0.3 is 10.8 Å². The lowest BCUT2D eigenvalue weighted by Gasteiger charge is -2.08. The summed E-state index contributed by atoms with van der Waals surface area (Å²) in [5.41, 5.74) is 7.04. The maximum Gasteiger partial charge on any atom is 0.325 e. The molecule has 0 heterocycles. The third-order valence-corrected chi connectivity index (χ3v) is 2.70. The Hall–Kier alpha value is -0.580. The first-order valence-electron chi connectivity index (χ1n) is 3.77. The molecule has 0 aliphatic heterocycles. The molecule has 1 aromatic carbocycles. The minimum Gasteiger partial charge on any atom is -0.480 e. The van der Waals surface area contributed by atoms with Crippen molar-refractivity contribution in [2.45, 2.75) is 13.0 Å². The second-order valence-electron chi connectivity index (χ2n) is 2.82. The van der Waals surface area contributed by atoms with E-state index in [1.807, 2.05) is 6.92 Å². The molecule has 3 nitrogen and oxygen atoms in total. The van der Waals surface area contributed by atoms with Gasteiger partial charge in [0.15, 0.2) is 0 Å². The zero-order valence-electron chi connectivity index (χ0n) is 7.53. The minimum atomic E-state index is -1.01. The molecule has 0 bridgehead atoms. The van der Waals surface area contributed by atoms with Crippen LogP contribution in [0.15, 0.2) is 22.7 Å². The van der Waals surface area contributed by atoms with E-state index in [2.05, 4.69) is 15.9 Å². The first kappa shape index (κ1) is 13.4. The van der Waals surface area contributed by atoms with E-state index in [-0.39, 0.29) is 12.4 Å². The fraction of sp³-hybridized carbons (Fsp3) is 0.222. The summed E-state index contributed by atoms with van der Waals surface area (Å²) in [5, 5.41) is 8.66. The summed E-state index contributed by atoms with van der Waals surface area (Å²) < 4.78 is 0.953. The normalized spacial score (nSPS) is 11.6. The van der Waals surface area contributed by atoms with E-state index < -0.39 is 12.0 Å². The van der Waals surface area contributed by atoms with Gasteiger partial charge in [0.25, 0.3) is 0 Å². The van der Waals surface area contributed by atoms with Crippen molar-refractivity contribution in [3.05, 3.63) is 33.8 Å². The molecule has 78 valence electrons. The van der Waals surface area contributed by atoms with Crippen LogP contribution >= 0.6 is 28.3 Å². The van der Waals surface area contributed by atoms with Crippen molar-refractivity contribution in [1.82, 2.24) is 0 Å². The van der Waals surface area contributed by atoms with Gasteiger partial charge >= 0.3 is 5.97 Å². The number of carboxylic acid groups (broad SMARTS) is 1. The Balaban J connectivity index is 0.00000169. The maximum atomic E-state index is 10.6. The molecule has 3 N–H and O–H groups in total. The third-order valence-electron chi connectivity index (χ3n) is 1.81. The number of halogens is 2. The van der Waals surface area contributed by atoms with Crippen LogP contribution in [-0.4, -0.2) is 11.1 Å². The molecular formula is C9H11BrClNO2. The molecule has 14 heavy (non-hydrogen) atoms. The highest BCUT2D eigenvalue weighted by Gasteiger charge is 2.14. The Bertz CT molecular complexity index is 344. The number of hydrogen-bond donors (Lipinski definition) is 2. The average Bonchev–Trinajstić information content (AvgIpc) is 2.08. The number of hydrogen-bond acceptors (Lipinski definition) is 2. The molecule has 0 aliphatic carbocycles. The van der Waals surface area contributed by atoms with Crippen LogP contribution in [0.1, 0.15) is 17.2 Å². The summed E-state index contributed by atoms with van der Waals surface area (Å²) in [6.45, 7) is 1.89. The van der Waals surface area contributed by atoms with Crippen molar-refractivity contribution in [2.24, 2.45) is 5.73 Å². The van der Waals surface area contributed by atoms with E-state index in [0.717, 1.165) is 10.0 Å². The van der Waals surface area contributed by atoms with E-state index in [9.17, 15) is 4.79 Å². The van der Waals surface area contributed by atoms with Crippen molar-refractivity contribution in [1.29, 1.82) is 0 Å². The lowest BCUT2D eigenvalue weighted by atomic mass is 10.1. The topological polar surface area (TPSA) is 63.3 Å². The molecule has 1 unspecified atom stereocenters. The molecule has 1 aromatic rings. The highest BCUT2D eigenvalue weighted by Crippen LogP contribution is 2.20. The molecule has 0 radical (unpaired) electrons. The Morgan fingerprint density at radius 2 is 2.14 bits per heavy atom. The molecule has 0 aliphatic rings. The summed E-state index contributed by atoms with van der Waals surface area (Å²) in [6, 6.07) is 4.33. The van der Waals surface area contributed by atoms with Crippen molar-refractivity contribution >= 4 is 34.3 Å². The zero-order valence-corrected chi connectivity index (χ0v) is 9.93. The van der Waals surface area contributed by atoms with Crippen LogP contribution in [0.4, 0.5) is 0 Å². The Labute approximate surface area is 96.8 Å². The van der Waals surface area contributed by atoms with Gasteiger partial charge in [-0.05, 0) is 24.1 Å². The third kappa shape index (κ3) is 2.97. The van der Waals surface area contributed by atoms with Gasteiger partial charge in [0, 0.05) is 4.47 Å².